The summed E-state index contributed by atoms with van der Waals surface area (Å²) in [4.78, 5) is 8.90. The van der Waals surface area contributed by atoms with Gasteiger partial charge in [-0.05, 0) is 24.3 Å². The van der Waals surface area contributed by atoms with Crippen LogP contribution in [-0.2, 0) is 11.3 Å². The number of carboxylic acid groups (broad SMARTS) is 1. The van der Waals surface area contributed by atoms with Gasteiger partial charge in [0.05, 0.1) is 5.02 Å². The molecular formula is C15H10ClF5N4O2. The number of nitrogens with one attached hydrogen (secondary N) is 1. The summed E-state index contributed by atoms with van der Waals surface area (Å²) in [5.74, 6) is -3.78. The molecule has 0 saturated heterocycles. The predicted octanol–water partition coefficient (Wildman–Crippen LogP) is 3.91. The Morgan fingerprint density at radius 3 is 2.48 bits per heavy atom. The molecule has 0 bridgehead atoms. The third-order valence-corrected chi connectivity index (χ3v) is 3.41. The summed E-state index contributed by atoms with van der Waals surface area (Å²) in [5, 5.41) is 17.7. The smallest absolute Gasteiger partial charge is 0.475 e. The third-order valence-electron chi connectivity index (χ3n) is 3.12. The lowest BCUT2D eigenvalue weighted by atomic mass is 10.2. The molecule has 0 spiro atoms. The number of aromatic nitrogens is 3. The fourth-order valence-electron chi connectivity index (χ4n) is 1.86. The Morgan fingerprint density at radius 1 is 1.19 bits per heavy atom. The number of fused-ring (bicyclic) bond motifs is 1. The topological polar surface area (TPSA) is 79.5 Å². The highest BCUT2D eigenvalue weighted by Gasteiger charge is 2.38. The van der Waals surface area contributed by atoms with E-state index in [9.17, 15) is 22.0 Å². The molecular weight excluding hydrogens is 399 g/mol. The number of aliphatic carboxylic acids is 1. The summed E-state index contributed by atoms with van der Waals surface area (Å²) < 4.78 is 60.8. The third kappa shape index (κ3) is 5.03. The molecule has 27 heavy (non-hydrogen) atoms. The van der Waals surface area contributed by atoms with E-state index in [1.54, 1.807) is 16.7 Å². The Balaban J connectivity index is 0.000000321. The molecule has 0 aliphatic rings. The second-order valence-electron chi connectivity index (χ2n) is 4.93. The van der Waals surface area contributed by atoms with Crippen LogP contribution >= 0.6 is 11.6 Å². The van der Waals surface area contributed by atoms with Gasteiger partial charge < -0.3 is 10.4 Å². The maximum atomic E-state index is 13.8. The maximum Gasteiger partial charge on any atom is 0.490 e. The molecule has 0 fully saturated rings. The molecule has 2 heterocycles. The van der Waals surface area contributed by atoms with E-state index in [2.05, 4.69) is 15.5 Å². The van der Waals surface area contributed by atoms with Gasteiger partial charge in [0, 0.05) is 18.3 Å². The first-order valence-corrected chi connectivity index (χ1v) is 7.45. The molecule has 0 radical (unpaired) electrons. The second kappa shape index (κ2) is 8.16. The summed E-state index contributed by atoms with van der Waals surface area (Å²) >= 11 is 5.64. The molecule has 2 aromatic heterocycles. The fourth-order valence-corrected chi connectivity index (χ4v) is 2.04. The van der Waals surface area contributed by atoms with Crippen LogP contribution in [0.4, 0.5) is 27.9 Å². The summed E-state index contributed by atoms with van der Waals surface area (Å²) in [6.45, 7) is -0.0755. The number of hydrogen-bond donors (Lipinski definition) is 2. The van der Waals surface area contributed by atoms with Crippen LogP contribution in [-0.4, -0.2) is 31.9 Å². The molecule has 0 saturated carbocycles. The largest absolute Gasteiger partial charge is 0.490 e. The van der Waals surface area contributed by atoms with Gasteiger partial charge in [0.1, 0.15) is 11.6 Å². The van der Waals surface area contributed by atoms with Crippen molar-refractivity contribution in [2.75, 3.05) is 5.32 Å². The number of hydrogen-bond acceptors (Lipinski definition) is 4. The monoisotopic (exact) mass is 408 g/mol. The van der Waals surface area contributed by atoms with Crippen molar-refractivity contribution >= 4 is 29.2 Å². The first kappa shape index (κ1) is 20.4. The number of carboxylic acids is 1. The molecule has 144 valence electrons. The lowest BCUT2D eigenvalue weighted by molar-refractivity contribution is -0.192. The number of pyridine rings is 1. The number of alkyl halides is 3. The Kier molecular flexibility index (Phi) is 6.16. The lowest BCUT2D eigenvalue weighted by Gasteiger charge is -2.07. The molecule has 6 nitrogen and oxygen atoms in total. The summed E-state index contributed by atoms with van der Waals surface area (Å²) in [6.07, 6.45) is -3.33. The first-order valence-electron chi connectivity index (χ1n) is 7.07. The Bertz CT molecular complexity index is 961. The van der Waals surface area contributed by atoms with Gasteiger partial charge in [-0.25, -0.2) is 13.6 Å². The van der Waals surface area contributed by atoms with E-state index in [0.29, 0.717) is 11.6 Å². The normalized spacial score (nSPS) is 11.0. The summed E-state index contributed by atoms with van der Waals surface area (Å²) in [7, 11) is 0. The number of nitrogens with zero attached hydrogens (tertiary/aromatic N) is 3. The van der Waals surface area contributed by atoms with Crippen molar-refractivity contribution in [3.63, 3.8) is 0 Å². The minimum absolute atomic E-state index is 0.0755. The van der Waals surface area contributed by atoms with Crippen molar-refractivity contribution in [3.05, 3.63) is 58.7 Å². The average molecular weight is 409 g/mol. The number of carbonyl (C=O) groups is 1. The van der Waals surface area contributed by atoms with Gasteiger partial charge in [0.25, 0.3) is 0 Å². The second-order valence-corrected chi connectivity index (χ2v) is 5.34. The van der Waals surface area contributed by atoms with E-state index in [1.807, 2.05) is 12.1 Å². The molecule has 12 heteroatoms. The molecule has 0 atom stereocenters. The number of halogens is 6. The van der Waals surface area contributed by atoms with Gasteiger partial charge in [-0.15, -0.1) is 10.2 Å². The van der Waals surface area contributed by atoms with E-state index in [0.717, 1.165) is 6.07 Å². The summed E-state index contributed by atoms with van der Waals surface area (Å²) in [5.41, 5.74) is 0.507. The van der Waals surface area contributed by atoms with E-state index in [4.69, 9.17) is 21.5 Å². The molecule has 3 aromatic rings. The molecule has 0 aliphatic heterocycles. The van der Waals surface area contributed by atoms with Crippen LogP contribution in [0.15, 0.2) is 36.5 Å². The van der Waals surface area contributed by atoms with Crippen molar-refractivity contribution in [1.82, 2.24) is 14.6 Å². The SMILES string of the molecule is Fc1ccc(Cl)c(F)c1CNc1nnc2ccccn12.O=C(O)C(F)(F)F. The average Bonchev–Trinajstić information content (AvgIpc) is 3.01. The quantitative estimate of drug-likeness (QED) is 0.507. The molecule has 1 aromatic carbocycles. The molecule has 0 unspecified atom stereocenters. The first-order chi connectivity index (χ1) is 12.6. The molecule has 0 aliphatic carbocycles. The standard InChI is InChI=1S/C13H9ClF2N4.C2HF3O2/c14-9-4-5-10(15)8(12(9)16)7-17-13-19-18-11-3-1-2-6-20(11)13;3-2(4,5)1(6)7/h1-6H,7H2,(H,17,19);(H,6,7). The van der Waals surface area contributed by atoms with Crippen LogP contribution < -0.4 is 5.32 Å². The van der Waals surface area contributed by atoms with Crippen LogP contribution in [0, 0.1) is 11.6 Å². The van der Waals surface area contributed by atoms with Gasteiger partial charge in [-0.3, -0.25) is 4.40 Å². The molecule has 3 rings (SSSR count). The zero-order valence-electron chi connectivity index (χ0n) is 13.1. The van der Waals surface area contributed by atoms with Crippen LogP contribution in [0.1, 0.15) is 5.56 Å². The summed E-state index contributed by atoms with van der Waals surface area (Å²) in [6, 6.07) is 7.72. The van der Waals surface area contributed by atoms with Crippen LogP contribution in [0.2, 0.25) is 5.02 Å². The van der Waals surface area contributed by atoms with Gasteiger partial charge >= 0.3 is 12.1 Å². The highest BCUT2D eigenvalue weighted by molar-refractivity contribution is 6.30. The number of benzene rings is 1. The van der Waals surface area contributed by atoms with Crippen molar-refractivity contribution in [3.8, 4) is 0 Å². The molecule has 2 N–H and O–H groups in total. The van der Waals surface area contributed by atoms with E-state index < -0.39 is 23.8 Å². The van der Waals surface area contributed by atoms with Gasteiger partial charge in [0.15, 0.2) is 5.65 Å². The number of rotatable bonds is 3. The number of anilines is 1. The zero-order valence-corrected chi connectivity index (χ0v) is 13.9. The Hall–Kier alpha value is -2.95. The van der Waals surface area contributed by atoms with E-state index >= 15 is 0 Å². The van der Waals surface area contributed by atoms with Gasteiger partial charge in [0.2, 0.25) is 5.95 Å². The van der Waals surface area contributed by atoms with Crippen molar-refractivity contribution < 1.29 is 31.9 Å². The van der Waals surface area contributed by atoms with Crippen molar-refractivity contribution in [1.29, 1.82) is 0 Å². The van der Waals surface area contributed by atoms with Crippen LogP contribution in [0.3, 0.4) is 0 Å². The highest BCUT2D eigenvalue weighted by atomic mass is 35.5. The van der Waals surface area contributed by atoms with Gasteiger partial charge in [-0.1, -0.05) is 17.7 Å². The minimum Gasteiger partial charge on any atom is -0.475 e. The van der Waals surface area contributed by atoms with Crippen molar-refractivity contribution in [2.24, 2.45) is 0 Å². The van der Waals surface area contributed by atoms with E-state index in [-0.39, 0.29) is 17.1 Å². The van der Waals surface area contributed by atoms with Gasteiger partial charge in [-0.2, -0.15) is 13.2 Å². The van der Waals surface area contributed by atoms with Crippen LogP contribution in [0.5, 0.6) is 0 Å². The lowest BCUT2D eigenvalue weighted by Crippen LogP contribution is -2.21. The molecule has 0 amide bonds. The Morgan fingerprint density at radius 2 is 1.85 bits per heavy atom. The predicted molar refractivity (Wildman–Crippen MR) is 85.4 cm³/mol. The van der Waals surface area contributed by atoms with Crippen LogP contribution in [0.25, 0.3) is 5.65 Å². The highest BCUT2D eigenvalue weighted by Crippen LogP contribution is 2.22. The van der Waals surface area contributed by atoms with Crippen molar-refractivity contribution in [2.45, 2.75) is 12.7 Å². The maximum absolute atomic E-state index is 13.8. The Labute approximate surface area is 153 Å². The minimum atomic E-state index is -5.08. The fraction of sp³-hybridized carbons (Fsp3) is 0.133. The van der Waals surface area contributed by atoms with E-state index in [1.165, 1.54) is 6.07 Å². The zero-order chi connectivity index (χ0) is 20.2.